The minimum atomic E-state index is -0.966. The van der Waals surface area contributed by atoms with Gasteiger partial charge >= 0.3 is 5.97 Å². The van der Waals surface area contributed by atoms with Crippen molar-refractivity contribution in [3.63, 3.8) is 0 Å². The van der Waals surface area contributed by atoms with Crippen molar-refractivity contribution in [1.82, 2.24) is 0 Å². The Kier molecular flexibility index (Phi) is 9.31. The molecule has 1 aromatic rings. The summed E-state index contributed by atoms with van der Waals surface area (Å²) in [5, 5.41) is 9.41. The van der Waals surface area contributed by atoms with Gasteiger partial charge in [-0.05, 0) is 66.8 Å². The Hall–Kier alpha value is -3.08. The number of aryl methyl sites for hydroxylation is 1. The van der Waals surface area contributed by atoms with Gasteiger partial charge in [-0.25, -0.2) is 4.79 Å². The molecule has 1 aliphatic carbocycles. The summed E-state index contributed by atoms with van der Waals surface area (Å²) >= 11 is 0. The van der Waals surface area contributed by atoms with Crippen molar-refractivity contribution < 1.29 is 24.2 Å². The summed E-state index contributed by atoms with van der Waals surface area (Å²) in [5.41, 5.74) is 2.43. The van der Waals surface area contributed by atoms with Crippen LogP contribution in [0.3, 0.4) is 0 Å². The quantitative estimate of drug-likeness (QED) is 0.440. The number of hydrogen-bond donors (Lipinski definition) is 1. The van der Waals surface area contributed by atoms with E-state index in [4.69, 9.17) is 9.47 Å². The number of hydrogen-bond acceptors (Lipinski definition) is 4. The minimum absolute atomic E-state index is 0.0467. The van der Waals surface area contributed by atoms with Gasteiger partial charge in [0, 0.05) is 5.41 Å². The molecule has 5 nitrogen and oxygen atoms in total. The van der Waals surface area contributed by atoms with Gasteiger partial charge in [-0.3, -0.25) is 4.79 Å². The molecule has 35 heavy (non-hydrogen) atoms. The molecule has 1 aliphatic heterocycles. The van der Waals surface area contributed by atoms with Gasteiger partial charge in [0.25, 0.3) is 0 Å². The molecule has 0 saturated heterocycles. The van der Waals surface area contributed by atoms with Crippen LogP contribution in [0.5, 0.6) is 5.75 Å². The first-order valence-electron chi connectivity index (χ1n) is 12.5. The van der Waals surface area contributed by atoms with Gasteiger partial charge in [0.15, 0.2) is 5.78 Å². The zero-order chi connectivity index (χ0) is 26.4. The van der Waals surface area contributed by atoms with Crippen LogP contribution in [0, 0.1) is 12.3 Å². The normalized spacial score (nSPS) is 17.0. The molecule has 1 heterocycles. The van der Waals surface area contributed by atoms with Crippen molar-refractivity contribution in [3.05, 3.63) is 76.6 Å². The van der Waals surface area contributed by atoms with Gasteiger partial charge in [-0.15, -0.1) is 0 Å². The number of rotatable bonds is 8. The van der Waals surface area contributed by atoms with Crippen molar-refractivity contribution >= 4 is 11.8 Å². The molecule has 1 aromatic carbocycles. The standard InChI is InChI=1S/C28H34O5.C2H6/c1-7-28(8-2,25-15-19-9-10-20(26(30)31)16-22(14-19)33-25)21-11-12-23(18(3)13-21)32-17-24(29)27(4,5)6;1-2/h9-16,22H,7-8,17H2,1-6H3,(H,30,31);1-2H3. The van der Waals surface area contributed by atoms with Crippen LogP contribution in [0.15, 0.2) is 65.5 Å². The lowest BCUT2D eigenvalue weighted by molar-refractivity contribution is -0.132. The van der Waals surface area contributed by atoms with E-state index in [1.165, 1.54) is 0 Å². The highest BCUT2D eigenvalue weighted by molar-refractivity contribution is 5.90. The smallest absolute Gasteiger partial charge is 0.335 e. The number of carbonyl (C=O) groups excluding carboxylic acids is 1. The van der Waals surface area contributed by atoms with Gasteiger partial charge in [0.05, 0.1) is 11.0 Å². The molecule has 1 atom stereocenters. The van der Waals surface area contributed by atoms with Gasteiger partial charge in [0.1, 0.15) is 24.2 Å². The number of aliphatic carboxylic acids is 1. The molecule has 0 radical (unpaired) electrons. The number of allylic oxidation sites excluding steroid dienone is 4. The first-order valence-corrected chi connectivity index (χ1v) is 12.5. The largest absolute Gasteiger partial charge is 0.486 e. The maximum absolute atomic E-state index is 12.3. The highest BCUT2D eigenvalue weighted by Crippen LogP contribution is 2.43. The summed E-state index contributed by atoms with van der Waals surface area (Å²) in [6.45, 7) is 16.0. The second-order valence-electron chi connectivity index (χ2n) is 9.75. The van der Waals surface area contributed by atoms with E-state index in [0.29, 0.717) is 5.75 Å². The molecule has 190 valence electrons. The fraction of sp³-hybridized carbons (Fsp3) is 0.467. The van der Waals surface area contributed by atoms with E-state index in [0.717, 1.165) is 35.3 Å². The van der Waals surface area contributed by atoms with Crippen LogP contribution in [0.4, 0.5) is 0 Å². The van der Waals surface area contributed by atoms with Gasteiger partial charge in [-0.2, -0.15) is 0 Å². The maximum atomic E-state index is 12.3. The Morgan fingerprint density at radius 1 is 1.06 bits per heavy atom. The number of benzene rings is 1. The second-order valence-corrected chi connectivity index (χ2v) is 9.75. The first kappa shape index (κ1) is 28.2. The third-order valence-corrected chi connectivity index (χ3v) is 6.57. The van der Waals surface area contributed by atoms with Crippen LogP contribution in [0.25, 0.3) is 0 Å². The Bertz CT molecular complexity index is 1060. The number of ketones is 1. The first-order chi connectivity index (χ1) is 16.5. The lowest BCUT2D eigenvalue weighted by atomic mass is 9.72. The minimum Gasteiger partial charge on any atom is -0.486 e. The van der Waals surface area contributed by atoms with E-state index < -0.39 is 17.5 Å². The molecule has 5 heteroatoms. The molecule has 2 aliphatic rings. The summed E-state index contributed by atoms with van der Waals surface area (Å²) in [4.78, 5) is 23.7. The van der Waals surface area contributed by atoms with Gasteiger partial charge in [0.2, 0.25) is 0 Å². The molecular formula is C30H40O5. The van der Waals surface area contributed by atoms with Crippen LogP contribution >= 0.6 is 0 Å². The zero-order valence-electron chi connectivity index (χ0n) is 22.4. The second kappa shape index (κ2) is 11.6. The number of fused-ring (bicyclic) bond motifs is 1. The molecule has 0 amide bonds. The Morgan fingerprint density at radius 2 is 1.71 bits per heavy atom. The van der Waals surface area contributed by atoms with E-state index in [-0.39, 0.29) is 23.4 Å². The average Bonchev–Trinajstić information content (AvgIpc) is 2.97. The van der Waals surface area contributed by atoms with Crippen LogP contribution in [-0.4, -0.2) is 29.6 Å². The summed E-state index contributed by atoms with van der Waals surface area (Å²) in [6, 6.07) is 6.08. The highest BCUT2D eigenvalue weighted by atomic mass is 16.5. The molecule has 3 rings (SSSR count). The molecule has 0 aromatic heterocycles. The van der Waals surface area contributed by atoms with Gasteiger partial charge in [-0.1, -0.05) is 66.7 Å². The highest BCUT2D eigenvalue weighted by Gasteiger charge is 2.37. The summed E-state index contributed by atoms with van der Waals surface area (Å²) in [7, 11) is 0. The fourth-order valence-electron chi connectivity index (χ4n) is 4.22. The monoisotopic (exact) mass is 480 g/mol. The predicted octanol–water partition coefficient (Wildman–Crippen LogP) is 6.86. The van der Waals surface area contributed by atoms with E-state index >= 15 is 0 Å². The SMILES string of the molecule is CC.CCC(CC)(C1=CC2=CC(C=C(C(=O)O)C=C2)O1)c1ccc(OCC(=O)C(C)(C)C)c(C)c1. The molecule has 0 fully saturated rings. The zero-order valence-corrected chi connectivity index (χ0v) is 22.4. The number of Topliss-reactive ketones (excluding diaryl/α,β-unsaturated/α-hetero) is 1. The predicted molar refractivity (Wildman–Crippen MR) is 141 cm³/mol. The van der Waals surface area contributed by atoms with E-state index in [1.54, 1.807) is 12.2 Å². The summed E-state index contributed by atoms with van der Waals surface area (Å²) in [6.07, 6.45) is 10.2. The Labute approximate surface area is 210 Å². The third-order valence-electron chi connectivity index (χ3n) is 6.57. The molecule has 0 spiro atoms. The van der Waals surface area contributed by atoms with Crippen molar-refractivity contribution in [1.29, 1.82) is 0 Å². The Balaban J connectivity index is 0.00000210. The van der Waals surface area contributed by atoms with E-state index in [9.17, 15) is 14.7 Å². The summed E-state index contributed by atoms with van der Waals surface area (Å²) in [5.74, 6) is 0.620. The molecule has 1 unspecified atom stereocenters. The fourth-order valence-corrected chi connectivity index (χ4v) is 4.22. The average molecular weight is 481 g/mol. The van der Waals surface area contributed by atoms with E-state index in [2.05, 4.69) is 19.9 Å². The lowest BCUT2D eigenvalue weighted by Gasteiger charge is -2.37. The lowest BCUT2D eigenvalue weighted by Crippen LogP contribution is -2.32. The van der Waals surface area contributed by atoms with E-state index in [1.807, 2.05) is 71.9 Å². The van der Waals surface area contributed by atoms with Crippen LogP contribution in [0.2, 0.25) is 0 Å². The number of carbonyl (C=O) groups is 2. The number of carboxylic acid groups (broad SMARTS) is 1. The molecule has 1 N–H and O–H groups in total. The molecular weight excluding hydrogens is 440 g/mol. The number of ether oxygens (including phenoxy) is 2. The maximum Gasteiger partial charge on any atom is 0.335 e. The topological polar surface area (TPSA) is 72.8 Å². The number of carboxylic acids is 1. The van der Waals surface area contributed by atoms with Gasteiger partial charge < -0.3 is 14.6 Å². The summed E-state index contributed by atoms with van der Waals surface area (Å²) < 4.78 is 12.2. The van der Waals surface area contributed by atoms with Crippen LogP contribution < -0.4 is 4.74 Å². The van der Waals surface area contributed by atoms with Crippen LogP contribution in [-0.2, 0) is 19.7 Å². The molecule has 0 saturated carbocycles. The van der Waals surface area contributed by atoms with Crippen molar-refractivity contribution in [2.45, 2.75) is 79.8 Å². The van der Waals surface area contributed by atoms with Crippen molar-refractivity contribution in [2.75, 3.05) is 6.61 Å². The van der Waals surface area contributed by atoms with Crippen molar-refractivity contribution in [2.24, 2.45) is 5.41 Å². The molecule has 2 bridgehead atoms. The Morgan fingerprint density at radius 3 is 2.26 bits per heavy atom. The van der Waals surface area contributed by atoms with Crippen LogP contribution in [0.1, 0.15) is 72.4 Å². The van der Waals surface area contributed by atoms with Crippen molar-refractivity contribution in [3.8, 4) is 5.75 Å². The third kappa shape index (κ3) is 6.33.